The van der Waals surface area contributed by atoms with Gasteiger partial charge in [-0.2, -0.15) is 0 Å². The molecule has 162 valence electrons. The number of para-hydroxylation sites is 1. The van der Waals surface area contributed by atoms with Gasteiger partial charge in [-0.25, -0.2) is 0 Å². The zero-order valence-electron chi connectivity index (χ0n) is 17.2. The molecule has 31 heavy (non-hydrogen) atoms. The van der Waals surface area contributed by atoms with Crippen LogP contribution in [0.4, 0.5) is 0 Å². The Morgan fingerprint density at radius 2 is 2.00 bits per heavy atom. The number of aromatic nitrogens is 1. The van der Waals surface area contributed by atoms with Crippen LogP contribution in [0.5, 0.6) is 11.5 Å². The Morgan fingerprint density at radius 1 is 1.19 bits per heavy atom. The molecular formula is C23H24ClN3O4. The Labute approximate surface area is 185 Å². The van der Waals surface area contributed by atoms with Crippen LogP contribution in [0.25, 0.3) is 10.9 Å². The quantitative estimate of drug-likeness (QED) is 0.547. The smallest absolute Gasteiger partial charge is 0.243 e. The van der Waals surface area contributed by atoms with E-state index in [1.54, 1.807) is 6.07 Å². The third kappa shape index (κ3) is 4.94. The van der Waals surface area contributed by atoms with Gasteiger partial charge in [0, 0.05) is 43.4 Å². The van der Waals surface area contributed by atoms with E-state index < -0.39 is 6.04 Å². The van der Waals surface area contributed by atoms with Gasteiger partial charge in [0.25, 0.3) is 0 Å². The van der Waals surface area contributed by atoms with E-state index in [0.717, 1.165) is 28.5 Å². The van der Waals surface area contributed by atoms with Crippen LogP contribution in [0.15, 0.2) is 42.6 Å². The number of nitrogens with one attached hydrogen (secondary N) is 3. The summed E-state index contributed by atoms with van der Waals surface area (Å²) in [4.78, 5) is 27.8. The molecule has 1 aliphatic heterocycles. The van der Waals surface area contributed by atoms with Gasteiger partial charge in [-0.15, -0.1) is 0 Å². The van der Waals surface area contributed by atoms with Gasteiger partial charge in [0.2, 0.25) is 11.8 Å². The first kappa shape index (κ1) is 21.1. The van der Waals surface area contributed by atoms with Gasteiger partial charge >= 0.3 is 0 Å². The van der Waals surface area contributed by atoms with E-state index in [9.17, 15) is 9.59 Å². The second-order valence-electron chi connectivity index (χ2n) is 7.49. The number of carbonyl (C=O) groups is 2. The fraction of sp³-hybridized carbons (Fsp3) is 0.304. The maximum absolute atomic E-state index is 12.9. The number of halogens is 1. The summed E-state index contributed by atoms with van der Waals surface area (Å²) < 4.78 is 11.3. The summed E-state index contributed by atoms with van der Waals surface area (Å²) in [5.74, 6) is 0.568. The number of aromatic amines is 1. The largest absolute Gasteiger partial charge is 0.489 e. The Bertz CT molecular complexity index is 1110. The molecule has 0 saturated carbocycles. The molecule has 0 unspecified atom stereocenters. The fourth-order valence-corrected chi connectivity index (χ4v) is 3.96. The van der Waals surface area contributed by atoms with Gasteiger partial charge < -0.3 is 25.1 Å². The van der Waals surface area contributed by atoms with Gasteiger partial charge in [0.15, 0.2) is 11.5 Å². The van der Waals surface area contributed by atoms with Gasteiger partial charge in [-0.05, 0) is 29.3 Å². The first-order chi connectivity index (χ1) is 15.0. The van der Waals surface area contributed by atoms with Crippen LogP contribution in [0, 0.1) is 0 Å². The minimum atomic E-state index is -0.701. The predicted molar refractivity (Wildman–Crippen MR) is 119 cm³/mol. The summed E-state index contributed by atoms with van der Waals surface area (Å²) in [7, 11) is 0. The van der Waals surface area contributed by atoms with E-state index in [4.69, 9.17) is 21.1 Å². The van der Waals surface area contributed by atoms with Crippen LogP contribution in [0.1, 0.15) is 24.5 Å². The van der Waals surface area contributed by atoms with Gasteiger partial charge in [0.1, 0.15) is 6.04 Å². The molecule has 2 aromatic carbocycles. The highest BCUT2D eigenvalue weighted by Gasteiger charge is 2.22. The van der Waals surface area contributed by atoms with Crippen LogP contribution in [0.2, 0.25) is 5.02 Å². The fourth-order valence-electron chi connectivity index (χ4n) is 3.67. The number of hydrogen-bond donors (Lipinski definition) is 3. The number of benzene rings is 2. The van der Waals surface area contributed by atoms with Crippen molar-refractivity contribution >= 4 is 34.3 Å². The van der Waals surface area contributed by atoms with Gasteiger partial charge in [0.05, 0.1) is 18.2 Å². The average Bonchev–Trinajstić information content (AvgIpc) is 2.99. The molecule has 2 amide bonds. The lowest BCUT2D eigenvalue weighted by Crippen LogP contribution is -2.47. The summed E-state index contributed by atoms with van der Waals surface area (Å²) in [6.07, 6.45) is 3.02. The third-order valence-electron chi connectivity index (χ3n) is 5.12. The van der Waals surface area contributed by atoms with Crippen LogP contribution in [-0.4, -0.2) is 36.1 Å². The van der Waals surface area contributed by atoms with E-state index in [0.29, 0.717) is 36.2 Å². The predicted octanol–water partition coefficient (Wildman–Crippen LogP) is 3.35. The number of ether oxygens (including phenoxy) is 2. The van der Waals surface area contributed by atoms with Crippen molar-refractivity contribution in [3.63, 3.8) is 0 Å². The molecule has 1 atom stereocenters. The lowest BCUT2D eigenvalue weighted by atomic mass is 10.0. The highest BCUT2D eigenvalue weighted by atomic mass is 35.5. The number of carbonyl (C=O) groups excluding carboxylic acids is 2. The Morgan fingerprint density at radius 3 is 2.84 bits per heavy atom. The van der Waals surface area contributed by atoms with Gasteiger partial charge in [-0.1, -0.05) is 29.8 Å². The Balaban J connectivity index is 1.47. The summed E-state index contributed by atoms with van der Waals surface area (Å²) in [6, 6.07) is 10.7. The number of H-pyrrole nitrogens is 1. The number of amides is 2. The Kier molecular flexibility index (Phi) is 6.32. The van der Waals surface area contributed by atoms with Crippen LogP contribution in [0.3, 0.4) is 0 Å². The molecule has 0 aliphatic carbocycles. The molecule has 0 radical (unpaired) electrons. The molecule has 1 aliphatic rings. The topological polar surface area (TPSA) is 92.5 Å². The van der Waals surface area contributed by atoms with Crippen molar-refractivity contribution in [2.75, 3.05) is 13.2 Å². The molecule has 3 aromatic rings. The first-order valence-corrected chi connectivity index (χ1v) is 10.6. The molecule has 2 heterocycles. The van der Waals surface area contributed by atoms with E-state index in [2.05, 4.69) is 15.6 Å². The summed E-state index contributed by atoms with van der Waals surface area (Å²) in [5.41, 5.74) is 2.74. The summed E-state index contributed by atoms with van der Waals surface area (Å²) in [5, 5.41) is 7.12. The third-order valence-corrected chi connectivity index (χ3v) is 5.40. The van der Waals surface area contributed by atoms with Crippen molar-refractivity contribution in [1.82, 2.24) is 15.6 Å². The molecule has 0 spiro atoms. The lowest BCUT2D eigenvalue weighted by molar-refractivity contribution is -0.128. The van der Waals surface area contributed by atoms with E-state index >= 15 is 0 Å². The average molecular weight is 442 g/mol. The highest BCUT2D eigenvalue weighted by molar-refractivity contribution is 6.32. The summed E-state index contributed by atoms with van der Waals surface area (Å²) in [6.45, 7) is 2.75. The van der Waals surface area contributed by atoms with Gasteiger partial charge in [-0.3, -0.25) is 9.59 Å². The minimum Gasteiger partial charge on any atom is -0.489 e. The van der Waals surface area contributed by atoms with E-state index in [1.165, 1.54) is 6.92 Å². The molecular weight excluding hydrogens is 418 g/mol. The van der Waals surface area contributed by atoms with Crippen LogP contribution in [-0.2, 0) is 22.6 Å². The Hall–Kier alpha value is -3.19. The molecule has 0 bridgehead atoms. The second kappa shape index (κ2) is 9.31. The molecule has 0 fully saturated rings. The standard InChI is InChI=1S/C23H24ClN3O4/c1-14(28)27-20(11-16-13-25-19-6-3-2-5-17(16)19)23(29)26-12-15-9-18(24)22-21(10-15)30-7-4-8-31-22/h2-3,5-6,9-10,13,20,25H,4,7-8,11-12H2,1H3,(H,26,29)(H,27,28)/t20-/m0/s1. The molecule has 4 rings (SSSR count). The first-order valence-electron chi connectivity index (χ1n) is 10.2. The van der Waals surface area contributed by atoms with Crippen molar-refractivity contribution in [2.45, 2.75) is 32.4 Å². The van der Waals surface area contributed by atoms with E-state index in [-0.39, 0.29) is 18.4 Å². The molecule has 3 N–H and O–H groups in total. The van der Waals surface area contributed by atoms with Crippen molar-refractivity contribution in [2.24, 2.45) is 0 Å². The van der Waals surface area contributed by atoms with Crippen molar-refractivity contribution < 1.29 is 19.1 Å². The number of hydrogen-bond acceptors (Lipinski definition) is 4. The zero-order chi connectivity index (χ0) is 21.8. The van der Waals surface area contributed by atoms with Crippen molar-refractivity contribution in [3.8, 4) is 11.5 Å². The highest BCUT2D eigenvalue weighted by Crippen LogP contribution is 2.38. The minimum absolute atomic E-state index is 0.249. The van der Waals surface area contributed by atoms with Crippen LogP contribution >= 0.6 is 11.6 Å². The molecule has 1 aromatic heterocycles. The lowest BCUT2D eigenvalue weighted by Gasteiger charge is -2.18. The number of rotatable bonds is 6. The van der Waals surface area contributed by atoms with Crippen LogP contribution < -0.4 is 20.1 Å². The van der Waals surface area contributed by atoms with E-state index in [1.807, 2.05) is 36.5 Å². The maximum Gasteiger partial charge on any atom is 0.243 e. The molecule has 7 nitrogen and oxygen atoms in total. The maximum atomic E-state index is 12.9. The van der Waals surface area contributed by atoms with Crippen molar-refractivity contribution in [1.29, 1.82) is 0 Å². The monoisotopic (exact) mass is 441 g/mol. The van der Waals surface area contributed by atoms with Crippen molar-refractivity contribution in [3.05, 3.63) is 58.7 Å². The molecule has 8 heteroatoms. The normalized spacial score (nSPS) is 14.0. The SMILES string of the molecule is CC(=O)N[C@@H](Cc1c[nH]c2ccccc12)C(=O)NCc1cc(Cl)c2c(c1)OCCCO2. The zero-order valence-corrected chi connectivity index (χ0v) is 17.9. The summed E-state index contributed by atoms with van der Waals surface area (Å²) >= 11 is 6.34. The molecule has 0 saturated heterocycles. The number of fused-ring (bicyclic) bond motifs is 2. The second-order valence-corrected chi connectivity index (χ2v) is 7.90.